The fraction of sp³-hybridized carbons (Fsp3) is 0.292. The first-order valence-electron chi connectivity index (χ1n) is 10.2. The molecule has 1 fully saturated rings. The maximum atomic E-state index is 13.5. The first-order chi connectivity index (χ1) is 15.3. The van der Waals surface area contributed by atoms with Gasteiger partial charge in [0.05, 0.1) is 5.92 Å². The number of hydrogen-bond donors (Lipinski definition) is 1. The minimum Gasteiger partial charge on any atom is -0.488 e. The van der Waals surface area contributed by atoms with Gasteiger partial charge in [-0.3, -0.25) is 9.69 Å². The summed E-state index contributed by atoms with van der Waals surface area (Å²) < 4.78 is 46.3. The van der Waals surface area contributed by atoms with Crippen molar-refractivity contribution in [3.05, 3.63) is 76.0 Å². The van der Waals surface area contributed by atoms with Crippen molar-refractivity contribution in [2.45, 2.75) is 25.7 Å². The second-order valence-corrected chi connectivity index (χ2v) is 8.95. The van der Waals surface area contributed by atoms with E-state index in [1.165, 1.54) is 0 Å². The first kappa shape index (κ1) is 22.4. The number of halogens is 3. The molecule has 1 aromatic heterocycles. The van der Waals surface area contributed by atoms with Crippen LogP contribution in [0.15, 0.2) is 60.7 Å². The van der Waals surface area contributed by atoms with Crippen LogP contribution in [0.25, 0.3) is 11.1 Å². The molecule has 8 heteroatoms. The number of carbonyl (C=O) groups is 1. The molecule has 1 aliphatic rings. The smallest absolute Gasteiger partial charge is 0.426 e. The highest BCUT2D eigenvalue weighted by molar-refractivity contribution is 7.12. The number of ether oxygens (including phenoxy) is 1. The van der Waals surface area contributed by atoms with Crippen molar-refractivity contribution in [2.75, 3.05) is 13.1 Å². The van der Waals surface area contributed by atoms with Crippen molar-refractivity contribution < 1.29 is 27.8 Å². The summed E-state index contributed by atoms with van der Waals surface area (Å²) in [5.74, 6) is -0.499. The molecule has 32 heavy (non-hydrogen) atoms. The Morgan fingerprint density at radius 3 is 2.47 bits per heavy atom. The number of nitrogens with zero attached hydrogens (tertiary/aromatic N) is 1. The van der Waals surface area contributed by atoms with E-state index in [2.05, 4.69) is 4.90 Å². The predicted molar refractivity (Wildman–Crippen MR) is 117 cm³/mol. The minimum atomic E-state index is -4.43. The molecule has 0 radical (unpaired) electrons. The molecule has 4 rings (SSSR count). The number of rotatable bonds is 7. The van der Waals surface area contributed by atoms with Crippen molar-refractivity contribution in [1.29, 1.82) is 0 Å². The van der Waals surface area contributed by atoms with E-state index >= 15 is 0 Å². The summed E-state index contributed by atoms with van der Waals surface area (Å²) in [4.78, 5) is 13.1. The highest BCUT2D eigenvalue weighted by Crippen LogP contribution is 2.43. The molecule has 4 nitrogen and oxygen atoms in total. The number of likely N-dealkylation sites (tertiary alicyclic amines) is 1. The molecule has 0 saturated carbocycles. The van der Waals surface area contributed by atoms with Crippen molar-refractivity contribution in [1.82, 2.24) is 4.90 Å². The topological polar surface area (TPSA) is 49.8 Å². The number of hydrogen-bond acceptors (Lipinski definition) is 4. The van der Waals surface area contributed by atoms with Gasteiger partial charge in [0.1, 0.15) is 17.2 Å². The average molecular weight is 462 g/mol. The summed E-state index contributed by atoms with van der Waals surface area (Å²) in [7, 11) is 0. The lowest BCUT2D eigenvalue weighted by Gasteiger charge is -2.15. The fourth-order valence-electron chi connectivity index (χ4n) is 3.84. The Balaban J connectivity index is 1.40. The largest absolute Gasteiger partial charge is 0.488 e. The van der Waals surface area contributed by atoms with Crippen LogP contribution in [0.1, 0.15) is 21.7 Å². The Bertz CT molecular complexity index is 1060. The van der Waals surface area contributed by atoms with E-state index in [1.807, 2.05) is 12.1 Å². The maximum Gasteiger partial charge on any atom is 0.426 e. The second kappa shape index (κ2) is 9.34. The quantitative estimate of drug-likeness (QED) is 0.475. The van der Waals surface area contributed by atoms with Gasteiger partial charge in [-0.2, -0.15) is 13.2 Å². The van der Waals surface area contributed by atoms with E-state index in [4.69, 9.17) is 9.84 Å². The maximum absolute atomic E-state index is 13.5. The van der Waals surface area contributed by atoms with Crippen molar-refractivity contribution in [3.63, 3.8) is 0 Å². The third kappa shape index (κ3) is 5.31. The van der Waals surface area contributed by atoms with Crippen molar-refractivity contribution in [3.8, 4) is 16.9 Å². The lowest BCUT2D eigenvalue weighted by Crippen LogP contribution is -2.22. The van der Waals surface area contributed by atoms with Crippen LogP contribution >= 0.6 is 11.3 Å². The normalized spacial score (nSPS) is 16.9. The Morgan fingerprint density at radius 1 is 1.12 bits per heavy atom. The van der Waals surface area contributed by atoms with Gasteiger partial charge in [0.15, 0.2) is 0 Å². The van der Waals surface area contributed by atoms with E-state index in [1.54, 1.807) is 48.5 Å². The van der Waals surface area contributed by atoms with Crippen molar-refractivity contribution >= 4 is 17.3 Å². The van der Waals surface area contributed by atoms with Gasteiger partial charge in [-0.05, 0) is 42.3 Å². The van der Waals surface area contributed by atoms with E-state index < -0.39 is 17.0 Å². The summed E-state index contributed by atoms with van der Waals surface area (Å²) in [6.07, 6.45) is -3.77. The van der Waals surface area contributed by atoms with Gasteiger partial charge in [-0.1, -0.05) is 42.5 Å². The monoisotopic (exact) mass is 461 g/mol. The summed E-state index contributed by atoms with van der Waals surface area (Å²) in [5, 5.41) is 9.11. The molecule has 0 bridgehead atoms. The molecule has 2 aromatic carbocycles. The zero-order valence-corrected chi connectivity index (χ0v) is 18.0. The third-order valence-electron chi connectivity index (χ3n) is 5.46. The molecule has 2 heterocycles. The molecular weight excluding hydrogens is 439 g/mol. The van der Waals surface area contributed by atoms with Crippen LogP contribution in [-0.4, -0.2) is 29.1 Å². The van der Waals surface area contributed by atoms with Crippen LogP contribution < -0.4 is 4.74 Å². The Labute approximate surface area is 187 Å². The summed E-state index contributed by atoms with van der Waals surface area (Å²) in [6.45, 7) is 1.99. The lowest BCUT2D eigenvalue weighted by molar-refractivity contribution is -0.141. The highest BCUT2D eigenvalue weighted by atomic mass is 32.1. The standard InChI is InChI=1S/C24H22F3NO3S/c25-24(26,27)22-21(17-4-2-1-3-5-17)12-20(32-22)15-31-19-8-6-16(7-9-19)13-28-11-10-18(14-28)23(29)30/h1-9,12,18H,10-11,13-15H2,(H,29,30)/t18-/m1/s1. The van der Waals surface area contributed by atoms with E-state index in [0.717, 1.165) is 12.1 Å². The zero-order valence-electron chi connectivity index (χ0n) is 17.1. The molecule has 0 aliphatic carbocycles. The highest BCUT2D eigenvalue weighted by Gasteiger charge is 2.36. The Kier molecular flexibility index (Phi) is 6.53. The summed E-state index contributed by atoms with van der Waals surface area (Å²) >= 11 is 0.703. The number of thiophene rings is 1. The summed E-state index contributed by atoms with van der Waals surface area (Å²) in [6, 6.07) is 17.5. The van der Waals surface area contributed by atoms with Gasteiger partial charge in [0.2, 0.25) is 0 Å². The van der Waals surface area contributed by atoms with Crippen LogP contribution in [-0.2, 0) is 24.1 Å². The number of aliphatic carboxylic acids is 1. The number of alkyl halides is 3. The van der Waals surface area contributed by atoms with E-state index in [9.17, 15) is 18.0 Å². The molecule has 0 unspecified atom stereocenters. The molecule has 1 atom stereocenters. The average Bonchev–Trinajstić information content (AvgIpc) is 3.41. The van der Waals surface area contributed by atoms with Gasteiger partial charge < -0.3 is 9.84 Å². The van der Waals surface area contributed by atoms with Crippen molar-refractivity contribution in [2.24, 2.45) is 5.92 Å². The first-order valence-corrected chi connectivity index (χ1v) is 11.0. The second-order valence-electron chi connectivity index (χ2n) is 7.81. The van der Waals surface area contributed by atoms with Gasteiger partial charge in [-0.15, -0.1) is 11.3 Å². The fourth-order valence-corrected chi connectivity index (χ4v) is 4.80. The summed E-state index contributed by atoms with van der Waals surface area (Å²) in [5.41, 5.74) is 1.73. The lowest BCUT2D eigenvalue weighted by atomic mass is 10.1. The van der Waals surface area contributed by atoms with Gasteiger partial charge in [0.25, 0.3) is 0 Å². The van der Waals surface area contributed by atoms with Gasteiger partial charge in [0, 0.05) is 23.5 Å². The van der Waals surface area contributed by atoms with Crippen LogP contribution in [0.3, 0.4) is 0 Å². The third-order valence-corrected chi connectivity index (χ3v) is 6.61. The molecule has 168 valence electrons. The van der Waals surface area contributed by atoms with E-state index in [-0.39, 0.29) is 18.1 Å². The van der Waals surface area contributed by atoms with Crippen LogP contribution in [0, 0.1) is 5.92 Å². The molecule has 1 N–H and O–H groups in total. The molecule has 1 saturated heterocycles. The number of carboxylic acid groups (broad SMARTS) is 1. The van der Waals surface area contributed by atoms with Crippen LogP contribution in [0.4, 0.5) is 13.2 Å². The van der Waals surface area contributed by atoms with Crippen LogP contribution in [0.5, 0.6) is 5.75 Å². The Morgan fingerprint density at radius 2 is 1.84 bits per heavy atom. The van der Waals surface area contributed by atoms with Gasteiger partial charge in [-0.25, -0.2) is 0 Å². The number of carboxylic acids is 1. The SMILES string of the molecule is O=C(O)[C@@H]1CCN(Cc2ccc(OCc3cc(-c4ccccc4)c(C(F)(F)F)s3)cc2)C1. The molecule has 3 aromatic rings. The van der Waals surface area contributed by atoms with Gasteiger partial charge >= 0.3 is 12.1 Å². The van der Waals surface area contributed by atoms with E-state index in [0.29, 0.717) is 47.0 Å². The number of benzene rings is 2. The molecular formula is C24H22F3NO3S. The zero-order chi connectivity index (χ0) is 22.7. The minimum absolute atomic E-state index is 0.0480. The molecule has 0 spiro atoms. The molecule has 1 aliphatic heterocycles. The molecule has 0 amide bonds. The van der Waals surface area contributed by atoms with Crippen LogP contribution in [0.2, 0.25) is 0 Å². The predicted octanol–water partition coefficient (Wildman–Crippen LogP) is 5.92. The Hall–Kier alpha value is -2.84.